The van der Waals surface area contributed by atoms with Crippen LogP contribution in [0.4, 0.5) is 0 Å². The Morgan fingerprint density at radius 1 is 0.778 bits per heavy atom. The van der Waals surface area contributed by atoms with Gasteiger partial charge in [0.2, 0.25) is 0 Å². The van der Waals surface area contributed by atoms with Crippen LogP contribution >= 0.6 is 0 Å². The molecule has 0 spiro atoms. The second-order valence-corrected chi connectivity index (χ2v) is 4.98. The molecule has 0 fully saturated rings. The van der Waals surface area contributed by atoms with Gasteiger partial charge in [0.1, 0.15) is 0 Å². The molecule has 0 nitrogen and oxygen atoms in total. The van der Waals surface area contributed by atoms with E-state index in [2.05, 4.69) is 66.7 Å². The van der Waals surface area contributed by atoms with E-state index in [1.165, 1.54) is 36.0 Å². The van der Waals surface area contributed by atoms with Crippen LogP contribution < -0.4 is 0 Å². The first kappa shape index (κ1) is 11.3. The van der Waals surface area contributed by atoms with E-state index in [9.17, 15) is 0 Å². The monoisotopic (exact) mass is 234 g/mol. The largest absolute Gasteiger partial charge is 0.0807 e. The molecular weight excluding hydrogens is 216 g/mol. The quantitative estimate of drug-likeness (QED) is 0.683. The standard InChI is InChI=1S/C18H18/c1-3-8-15(9-4-1)17-12-7-13-18(14-17)16-10-5-2-6-11-16/h1-6,8-12,18H,7,13-14H2. The predicted molar refractivity (Wildman–Crippen MR) is 77.5 cm³/mol. The molecule has 0 saturated carbocycles. The summed E-state index contributed by atoms with van der Waals surface area (Å²) >= 11 is 0. The predicted octanol–water partition coefficient (Wildman–Crippen LogP) is 5.04. The minimum absolute atomic E-state index is 0.686. The highest BCUT2D eigenvalue weighted by molar-refractivity contribution is 5.67. The molecule has 2 aromatic carbocycles. The summed E-state index contributed by atoms with van der Waals surface area (Å²) in [5.74, 6) is 0.686. The fraction of sp³-hybridized carbons (Fsp3) is 0.222. The summed E-state index contributed by atoms with van der Waals surface area (Å²) in [4.78, 5) is 0. The molecule has 0 bridgehead atoms. The van der Waals surface area contributed by atoms with Gasteiger partial charge >= 0.3 is 0 Å². The van der Waals surface area contributed by atoms with Crippen molar-refractivity contribution in [2.75, 3.05) is 0 Å². The van der Waals surface area contributed by atoms with E-state index in [4.69, 9.17) is 0 Å². The van der Waals surface area contributed by atoms with Crippen molar-refractivity contribution in [2.24, 2.45) is 0 Å². The normalized spacial score (nSPS) is 19.3. The SMILES string of the molecule is C1=C(c2ccccc2)CC(c2ccccc2)CC1. The Morgan fingerprint density at radius 2 is 1.44 bits per heavy atom. The summed E-state index contributed by atoms with van der Waals surface area (Å²) < 4.78 is 0. The van der Waals surface area contributed by atoms with Gasteiger partial charge in [0, 0.05) is 0 Å². The van der Waals surface area contributed by atoms with E-state index in [1.807, 2.05) is 0 Å². The van der Waals surface area contributed by atoms with E-state index in [0.29, 0.717) is 5.92 Å². The van der Waals surface area contributed by atoms with Crippen molar-refractivity contribution in [2.45, 2.75) is 25.2 Å². The molecule has 0 aromatic heterocycles. The Labute approximate surface area is 109 Å². The van der Waals surface area contributed by atoms with Gasteiger partial charge in [-0.25, -0.2) is 0 Å². The molecule has 3 rings (SSSR count). The molecule has 0 radical (unpaired) electrons. The lowest BCUT2D eigenvalue weighted by Gasteiger charge is -2.23. The van der Waals surface area contributed by atoms with Gasteiger partial charge in [-0.2, -0.15) is 0 Å². The zero-order valence-electron chi connectivity index (χ0n) is 10.5. The van der Waals surface area contributed by atoms with Crippen LogP contribution in [0.1, 0.15) is 36.3 Å². The summed E-state index contributed by atoms with van der Waals surface area (Å²) in [5, 5.41) is 0. The average molecular weight is 234 g/mol. The number of hydrogen-bond acceptors (Lipinski definition) is 0. The van der Waals surface area contributed by atoms with Gasteiger partial charge in [0.25, 0.3) is 0 Å². The highest BCUT2D eigenvalue weighted by Gasteiger charge is 2.17. The lowest BCUT2D eigenvalue weighted by Crippen LogP contribution is -2.04. The van der Waals surface area contributed by atoms with Gasteiger partial charge in [-0.15, -0.1) is 0 Å². The maximum Gasteiger partial charge on any atom is -0.0118 e. The van der Waals surface area contributed by atoms with E-state index in [1.54, 1.807) is 0 Å². The molecule has 90 valence electrons. The number of hydrogen-bond donors (Lipinski definition) is 0. The van der Waals surface area contributed by atoms with Crippen LogP contribution in [0, 0.1) is 0 Å². The van der Waals surface area contributed by atoms with Gasteiger partial charge in [-0.05, 0) is 41.9 Å². The van der Waals surface area contributed by atoms with Crippen molar-refractivity contribution in [3.05, 3.63) is 77.9 Å². The molecule has 0 heterocycles. The summed E-state index contributed by atoms with van der Waals surface area (Å²) in [5.41, 5.74) is 4.38. The third kappa shape index (κ3) is 2.38. The first-order valence-corrected chi connectivity index (χ1v) is 6.73. The first-order chi connectivity index (χ1) is 8.93. The Hall–Kier alpha value is -1.82. The fourth-order valence-corrected chi connectivity index (χ4v) is 2.81. The van der Waals surface area contributed by atoms with Crippen LogP contribution in [0.25, 0.3) is 5.57 Å². The Kier molecular flexibility index (Phi) is 3.27. The van der Waals surface area contributed by atoms with Gasteiger partial charge in [0.15, 0.2) is 0 Å². The minimum atomic E-state index is 0.686. The average Bonchev–Trinajstić information content (AvgIpc) is 2.49. The molecule has 1 atom stereocenters. The molecule has 1 aliphatic carbocycles. The smallest absolute Gasteiger partial charge is 0.0118 e. The van der Waals surface area contributed by atoms with Crippen molar-refractivity contribution in [3.63, 3.8) is 0 Å². The number of benzene rings is 2. The summed E-state index contributed by atoms with van der Waals surface area (Å²) in [6.07, 6.45) is 6.06. The molecule has 0 amide bonds. The Morgan fingerprint density at radius 3 is 2.17 bits per heavy atom. The third-order valence-electron chi connectivity index (χ3n) is 3.79. The van der Waals surface area contributed by atoms with E-state index >= 15 is 0 Å². The molecule has 2 aromatic rings. The molecule has 0 saturated heterocycles. The summed E-state index contributed by atoms with van der Waals surface area (Å²) in [6, 6.07) is 21.7. The number of rotatable bonds is 2. The molecule has 0 aliphatic heterocycles. The summed E-state index contributed by atoms with van der Waals surface area (Å²) in [7, 11) is 0. The van der Waals surface area contributed by atoms with Crippen LogP contribution in [0.2, 0.25) is 0 Å². The van der Waals surface area contributed by atoms with Crippen molar-refractivity contribution in [1.82, 2.24) is 0 Å². The maximum absolute atomic E-state index is 2.41. The molecule has 18 heavy (non-hydrogen) atoms. The first-order valence-electron chi connectivity index (χ1n) is 6.73. The number of allylic oxidation sites excluding steroid dienone is 2. The second-order valence-electron chi connectivity index (χ2n) is 4.98. The van der Waals surface area contributed by atoms with Crippen molar-refractivity contribution in [1.29, 1.82) is 0 Å². The molecular formula is C18H18. The zero-order chi connectivity index (χ0) is 12.2. The van der Waals surface area contributed by atoms with Crippen LogP contribution in [0.15, 0.2) is 66.7 Å². The fourth-order valence-electron chi connectivity index (χ4n) is 2.81. The topological polar surface area (TPSA) is 0 Å². The third-order valence-corrected chi connectivity index (χ3v) is 3.79. The van der Waals surface area contributed by atoms with Crippen LogP contribution in [0.3, 0.4) is 0 Å². The molecule has 1 aliphatic rings. The lowest BCUT2D eigenvalue weighted by atomic mass is 9.82. The van der Waals surface area contributed by atoms with Gasteiger partial charge in [-0.1, -0.05) is 66.7 Å². The Balaban J connectivity index is 1.82. The minimum Gasteiger partial charge on any atom is -0.0807 e. The molecule has 0 heteroatoms. The summed E-state index contributed by atoms with van der Waals surface area (Å²) in [6.45, 7) is 0. The van der Waals surface area contributed by atoms with E-state index in [-0.39, 0.29) is 0 Å². The second kappa shape index (κ2) is 5.22. The Bertz CT molecular complexity index is 522. The van der Waals surface area contributed by atoms with Crippen LogP contribution in [0.5, 0.6) is 0 Å². The van der Waals surface area contributed by atoms with Crippen molar-refractivity contribution >= 4 is 5.57 Å². The van der Waals surface area contributed by atoms with Gasteiger partial charge in [-0.3, -0.25) is 0 Å². The van der Waals surface area contributed by atoms with E-state index < -0.39 is 0 Å². The van der Waals surface area contributed by atoms with Gasteiger partial charge in [0.05, 0.1) is 0 Å². The maximum atomic E-state index is 2.41. The zero-order valence-corrected chi connectivity index (χ0v) is 10.5. The lowest BCUT2D eigenvalue weighted by molar-refractivity contribution is 0.627. The highest BCUT2D eigenvalue weighted by atomic mass is 14.2. The highest BCUT2D eigenvalue weighted by Crippen LogP contribution is 2.36. The van der Waals surface area contributed by atoms with Crippen molar-refractivity contribution < 1.29 is 0 Å². The van der Waals surface area contributed by atoms with E-state index in [0.717, 1.165) is 0 Å². The molecule has 0 N–H and O–H groups in total. The van der Waals surface area contributed by atoms with Gasteiger partial charge < -0.3 is 0 Å². The van der Waals surface area contributed by atoms with Crippen molar-refractivity contribution in [3.8, 4) is 0 Å². The molecule has 1 unspecified atom stereocenters. The van der Waals surface area contributed by atoms with Crippen LogP contribution in [-0.4, -0.2) is 0 Å². The van der Waals surface area contributed by atoms with Crippen LogP contribution in [-0.2, 0) is 0 Å².